The van der Waals surface area contributed by atoms with Gasteiger partial charge in [0.1, 0.15) is 0 Å². The normalized spacial score (nSPS) is 11.9. The topological polar surface area (TPSA) is 66.4 Å². The Kier molecular flexibility index (Phi) is 6.19. The molecule has 0 saturated heterocycles. The Morgan fingerprint density at radius 1 is 1.50 bits per heavy atom. The third-order valence-corrected chi connectivity index (χ3v) is 1.81. The average molecular weight is 264 g/mol. The van der Waals surface area contributed by atoms with Crippen molar-refractivity contribution in [1.82, 2.24) is 5.32 Å². The van der Waals surface area contributed by atoms with Gasteiger partial charge in [-0.2, -0.15) is 0 Å². The van der Waals surface area contributed by atoms with Gasteiger partial charge >= 0.3 is 5.97 Å². The summed E-state index contributed by atoms with van der Waals surface area (Å²) in [6, 6.07) is 0. The highest BCUT2D eigenvalue weighted by molar-refractivity contribution is 9.11. The van der Waals surface area contributed by atoms with Crippen LogP contribution >= 0.6 is 15.9 Å². The number of aliphatic carboxylic acids is 1. The molecule has 1 amide bonds. The first-order valence-electron chi connectivity index (χ1n) is 4.23. The third kappa shape index (κ3) is 7.79. The van der Waals surface area contributed by atoms with E-state index in [0.29, 0.717) is 11.0 Å². The average Bonchev–Trinajstić information content (AvgIpc) is 1.98. The Balaban J connectivity index is 3.71. The number of carbonyl (C=O) groups is 2. The maximum Gasteiger partial charge on any atom is 0.303 e. The SMILES string of the molecule is C=C(Br)CNC(=O)CC(C)CC(=O)O. The van der Waals surface area contributed by atoms with Crippen LogP contribution in [0, 0.1) is 5.92 Å². The predicted octanol–water partition coefficient (Wildman–Crippen LogP) is 1.51. The van der Waals surface area contributed by atoms with Crippen molar-refractivity contribution in [2.75, 3.05) is 6.54 Å². The molecule has 0 bridgehead atoms. The van der Waals surface area contributed by atoms with Crippen LogP contribution in [0.15, 0.2) is 11.1 Å². The molecule has 1 atom stereocenters. The zero-order chi connectivity index (χ0) is 11.1. The van der Waals surface area contributed by atoms with Crippen molar-refractivity contribution in [3.63, 3.8) is 0 Å². The fraction of sp³-hybridized carbons (Fsp3) is 0.556. The molecule has 0 fully saturated rings. The summed E-state index contributed by atoms with van der Waals surface area (Å²) in [6.45, 7) is 5.67. The summed E-state index contributed by atoms with van der Waals surface area (Å²) in [5, 5.41) is 11.1. The second-order valence-corrected chi connectivity index (χ2v) is 4.32. The van der Waals surface area contributed by atoms with Gasteiger partial charge in [0.05, 0.1) is 0 Å². The van der Waals surface area contributed by atoms with E-state index in [-0.39, 0.29) is 24.7 Å². The lowest BCUT2D eigenvalue weighted by atomic mass is 10.0. The molecular formula is C9H14BrNO3. The molecule has 1 unspecified atom stereocenters. The van der Waals surface area contributed by atoms with Crippen LogP contribution in [0.3, 0.4) is 0 Å². The lowest BCUT2D eigenvalue weighted by Crippen LogP contribution is -2.26. The number of carbonyl (C=O) groups excluding carboxylic acids is 1. The minimum Gasteiger partial charge on any atom is -0.481 e. The highest BCUT2D eigenvalue weighted by atomic mass is 79.9. The molecule has 0 radical (unpaired) electrons. The van der Waals surface area contributed by atoms with Gasteiger partial charge in [-0.05, 0) is 5.92 Å². The van der Waals surface area contributed by atoms with E-state index in [1.807, 2.05) is 0 Å². The van der Waals surface area contributed by atoms with Gasteiger partial charge in [0, 0.05) is 23.9 Å². The van der Waals surface area contributed by atoms with Crippen LogP contribution in [0.2, 0.25) is 0 Å². The first-order valence-corrected chi connectivity index (χ1v) is 5.03. The number of hydrogen-bond donors (Lipinski definition) is 2. The number of hydrogen-bond acceptors (Lipinski definition) is 2. The molecule has 4 nitrogen and oxygen atoms in total. The van der Waals surface area contributed by atoms with E-state index in [1.165, 1.54) is 0 Å². The van der Waals surface area contributed by atoms with Crippen molar-refractivity contribution in [1.29, 1.82) is 0 Å². The van der Waals surface area contributed by atoms with E-state index < -0.39 is 5.97 Å². The van der Waals surface area contributed by atoms with Crippen molar-refractivity contribution >= 4 is 27.8 Å². The van der Waals surface area contributed by atoms with Gasteiger partial charge in [-0.1, -0.05) is 29.4 Å². The molecule has 14 heavy (non-hydrogen) atoms. The second-order valence-electron chi connectivity index (χ2n) is 3.20. The molecule has 0 rings (SSSR count). The molecule has 2 N–H and O–H groups in total. The van der Waals surface area contributed by atoms with Gasteiger partial charge in [-0.3, -0.25) is 9.59 Å². The van der Waals surface area contributed by atoms with Crippen LogP contribution < -0.4 is 5.32 Å². The predicted molar refractivity (Wildman–Crippen MR) is 57.1 cm³/mol. The van der Waals surface area contributed by atoms with Crippen molar-refractivity contribution in [3.05, 3.63) is 11.1 Å². The lowest BCUT2D eigenvalue weighted by molar-refractivity contribution is -0.138. The van der Waals surface area contributed by atoms with Gasteiger partial charge in [-0.15, -0.1) is 0 Å². The quantitative estimate of drug-likeness (QED) is 0.764. The Morgan fingerprint density at radius 3 is 2.50 bits per heavy atom. The Bertz CT molecular complexity index is 240. The smallest absolute Gasteiger partial charge is 0.303 e. The summed E-state index contributed by atoms with van der Waals surface area (Å²) in [6.07, 6.45) is 0.245. The highest BCUT2D eigenvalue weighted by Crippen LogP contribution is 2.07. The fourth-order valence-corrected chi connectivity index (χ4v) is 1.09. The van der Waals surface area contributed by atoms with E-state index in [9.17, 15) is 9.59 Å². The Hall–Kier alpha value is -0.840. The van der Waals surface area contributed by atoms with Crippen molar-refractivity contribution in [3.8, 4) is 0 Å². The number of halogens is 1. The molecule has 80 valence electrons. The van der Waals surface area contributed by atoms with Crippen LogP contribution in [0.1, 0.15) is 19.8 Å². The van der Waals surface area contributed by atoms with E-state index >= 15 is 0 Å². The van der Waals surface area contributed by atoms with Crippen molar-refractivity contribution in [2.24, 2.45) is 5.92 Å². The Labute approximate surface area is 91.5 Å². The largest absolute Gasteiger partial charge is 0.481 e. The van der Waals surface area contributed by atoms with E-state index in [2.05, 4.69) is 27.8 Å². The van der Waals surface area contributed by atoms with Crippen LogP contribution in [0.5, 0.6) is 0 Å². The van der Waals surface area contributed by atoms with Crippen molar-refractivity contribution in [2.45, 2.75) is 19.8 Å². The van der Waals surface area contributed by atoms with Gasteiger partial charge in [0.25, 0.3) is 0 Å². The maximum absolute atomic E-state index is 11.2. The number of carboxylic acid groups (broad SMARTS) is 1. The molecule has 0 aliphatic carbocycles. The van der Waals surface area contributed by atoms with Gasteiger partial charge < -0.3 is 10.4 Å². The molecule has 0 aromatic rings. The molecule has 0 spiro atoms. The molecule has 0 saturated carbocycles. The van der Waals surface area contributed by atoms with Gasteiger partial charge in [-0.25, -0.2) is 0 Å². The van der Waals surface area contributed by atoms with Crippen LogP contribution in [0.25, 0.3) is 0 Å². The van der Waals surface area contributed by atoms with E-state index in [0.717, 1.165) is 0 Å². The number of amides is 1. The minimum atomic E-state index is -0.879. The van der Waals surface area contributed by atoms with Crippen LogP contribution in [-0.2, 0) is 9.59 Å². The first-order chi connectivity index (χ1) is 6.41. The van der Waals surface area contributed by atoms with Crippen molar-refractivity contribution < 1.29 is 14.7 Å². The number of carboxylic acids is 1. The van der Waals surface area contributed by atoms with Crippen LogP contribution in [0.4, 0.5) is 0 Å². The third-order valence-electron chi connectivity index (χ3n) is 1.53. The summed E-state index contributed by atoms with van der Waals surface area (Å²) in [7, 11) is 0. The minimum absolute atomic E-state index is 0.0165. The summed E-state index contributed by atoms with van der Waals surface area (Å²) in [4.78, 5) is 21.5. The van der Waals surface area contributed by atoms with Crippen LogP contribution in [-0.4, -0.2) is 23.5 Å². The molecule has 0 aliphatic heterocycles. The monoisotopic (exact) mass is 263 g/mol. The molecular weight excluding hydrogens is 250 g/mol. The summed E-state index contributed by atoms with van der Waals surface area (Å²) < 4.78 is 0.691. The number of rotatable bonds is 6. The second kappa shape index (κ2) is 6.59. The lowest BCUT2D eigenvalue weighted by Gasteiger charge is -2.08. The highest BCUT2D eigenvalue weighted by Gasteiger charge is 2.11. The molecule has 0 aromatic carbocycles. The van der Waals surface area contributed by atoms with Gasteiger partial charge in [0.2, 0.25) is 5.91 Å². The summed E-state index contributed by atoms with van der Waals surface area (Å²) in [5.41, 5.74) is 0. The maximum atomic E-state index is 11.2. The first kappa shape index (κ1) is 13.2. The molecule has 0 heterocycles. The zero-order valence-corrected chi connectivity index (χ0v) is 9.63. The standard InChI is InChI=1S/C9H14BrNO3/c1-6(4-9(13)14)3-8(12)11-5-7(2)10/h6H,2-5H2,1H3,(H,11,12)(H,13,14). The van der Waals surface area contributed by atoms with E-state index in [4.69, 9.17) is 5.11 Å². The summed E-state index contributed by atoms with van der Waals surface area (Å²) >= 11 is 3.11. The zero-order valence-electron chi connectivity index (χ0n) is 8.05. The fourth-order valence-electron chi connectivity index (χ4n) is 0.953. The Morgan fingerprint density at radius 2 is 2.07 bits per heavy atom. The number of nitrogens with one attached hydrogen (secondary N) is 1. The molecule has 0 aromatic heterocycles. The van der Waals surface area contributed by atoms with Gasteiger partial charge in [0.15, 0.2) is 0 Å². The molecule has 5 heteroatoms. The summed E-state index contributed by atoms with van der Waals surface area (Å²) in [5.74, 6) is -1.18. The van der Waals surface area contributed by atoms with E-state index in [1.54, 1.807) is 6.92 Å². The molecule has 0 aliphatic rings.